The van der Waals surface area contributed by atoms with Crippen LogP contribution in [0.3, 0.4) is 0 Å². The van der Waals surface area contributed by atoms with E-state index in [1.165, 1.54) is 12.3 Å². The highest BCUT2D eigenvalue weighted by molar-refractivity contribution is 6.88. The number of carbonyl (C=O) groups is 3. The van der Waals surface area contributed by atoms with Crippen molar-refractivity contribution in [1.82, 2.24) is 0 Å². The van der Waals surface area contributed by atoms with Gasteiger partial charge in [-0.1, -0.05) is 56.9 Å². The Morgan fingerprint density at radius 3 is 2.44 bits per heavy atom. The zero-order valence-corrected chi connectivity index (χ0v) is 21.1. The van der Waals surface area contributed by atoms with Gasteiger partial charge in [-0.2, -0.15) is 0 Å². The number of rotatable bonds is 7. The highest BCUT2D eigenvalue weighted by atomic mass is 28.3. The van der Waals surface area contributed by atoms with Crippen LogP contribution < -0.4 is 5.38 Å². The van der Waals surface area contributed by atoms with Crippen molar-refractivity contribution in [1.29, 1.82) is 0 Å². The van der Waals surface area contributed by atoms with Crippen molar-refractivity contribution in [3.05, 3.63) is 53.8 Å². The summed E-state index contributed by atoms with van der Waals surface area (Å²) in [7, 11) is -2.20. The van der Waals surface area contributed by atoms with E-state index < -0.39 is 55.4 Å². The predicted octanol–water partition coefficient (Wildman–Crippen LogP) is 2.45. The van der Waals surface area contributed by atoms with Crippen molar-refractivity contribution >= 4 is 31.2 Å². The second kappa shape index (κ2) is 9.85. The van der Waals surface area contributed by atoms with E-state index in [0.717, 1.165) is 0 Å². The van der Waals surface area contributed by atoms with Crippen LogP contribution >= 0.6 is 0 Å². The van der Waals surface area contributed by atoms with Crippen LogP contribution in [0.25, 0.3) is 0 Å². The summed E-state index contributed by atoms with van der Waals surface area (Å²) in [6.45, 7) is 9.31. The Labute approximate surface area is 199 Å². The van der Waals surface area contributed by atoms with Crippen LogP contribution in [-0.4, -0.2) is 48.7 Å². The van der Waals surface area contributed by atoms with Crippen LogP contribution in [0, 0.1) is 11.8 Å². The number of aliphatic hydroxyl groups excluding tert-OH is 1. The molecule has 0 amide bonds. The maximum absolute atomic E-state index is 13.3. The molecule has 0 spiro atoms. The number of Topliss-reactive ketones (excluding diaryl/α,β-unsaturated/α-hetero) is 1. The number of ketones is 1. The third-order valence-corrected chi connectivity index (χ3v) is 7.94. The van der Waals surface area contributed by atoms with Crippen LogP contribution in [0.2, 0.25) is 19.6 Å². The van der Waals surface area contributed by atoms with Crippen molar-refractivity contribution in [2.45, 2.75) is 57.7 Å². The molecular weight excluding hydrogens is 456 g/mol. The fourth-order valence-corrected chi connectivity index (χ4v) is 5.97. The van der Waals surface area contributed by atoms with Crippen molar-refractivity contribution in [3.8, 4) is 0 Å². The smallest absolute Gasteiger partial charge is 0.340 e. The van der Waals surface area contributed by atoms with Gasteiger partial charge < -0.3 is 24.1 Å². The lowest BCUT2D eigenvalue weighted by Gasteiger charge is -2.45. The van der Waals surface area contributed by atoms with Crippen molar-refractivity contribution in [3.63, 3.8) is 0 Å². The van der Waals surface area contributed by atoms with E-state index in [4.69, 9.17) is 13.9 Å². The van der Waals surface area contributed by atoms with Gasteiger partial charge in [-0.15, -0.1) is 0 Å². The van der Waals surface area contributed by atoms with Crippen LogP contribution in [0.4, 0.5) is 0 Å². The predicted molar refractivity (Wildman–Crippen MR) is 126 cm³/mol. The van der Waals surface area contributed by atoms with Gasteiger partial charge in [-0.25, -0.2) is 4.79 Å². The maximum Gasteiger partial charge on any atom is 0.340 e. The zero-order chi connectivity index (χ0) is 25.3. The van der Waals surface area contributed by atoms with Crippen molar-refractivity contribution in [2.24, 2.45) is 11.8 Å². The summed E-state index contributed by atoms with van der Waals surface area (Å²) in [4.78, 5) is 39.3. The molecule has 0 unspecified atom stereocenters. The summed E-state index contributed by atoms with van der Waals surface area (Å²) in [5.41, 5.74) is -1.71. The third kappa shape index (κ3) is 4.73. The molecule has 34 heavy (non-hydrogen) atoms. The normalized spacial score (nSPS) is 26.1. The van der Waals surface area contributed by atoms with Crippen LogP contribution in [0.5, 0.6) is 0 Å². The molecule has 1 aromatic heterocycles. The largest absolute Gasteiger partial charge is 0.474 e. The summed E-state index contributed by atoms with van der Waals surface area (Å²) in [5.74, 6) is -4.21. The van der Waals surface area contributed by atoms with Crippen LogP contribution in [0.1, 0.15) is 37.5 Å². The second-order valence-corrected chi connectivity index (χ2v) is 14.7. The molecule has 184 valence electrons. The Morgan fingerprint density at radius 1 is 1.21 bits per heavy atom. The molecule has 1 aliphatic carbocycles. The van der Waals surface area contributed by atoms with Gasteiger partial charge in [0.15, 0.2) is 18.0 Å². The summed E-state index contributed by atoms with van der Waals surface area (Å²) in [6, 6.07) is 9.64. The number of carbonyl (C=O) groups excluding carboxylic acids is 3. The van der Waals surface area contributed by atoms with Gasteiger partial charge in [-0.05, 0) is 25.0 Å². The minimum atomic E-state index is -2.22. The van der Waals surface area contributed by atoms with E-state index >= 15 is 0 Å². The molecule has 1 aliphatic rings. The lowest BCUT2D eigenvalue weighted by atomic mass is 9.66. The lowest BCUT2D eigenvalue weighted by molar-refractivity contribution is -0.205. The Kier molecular flexibility index (Phi) is 7.49. The second-order valence-electron chi connectivity index (χ2n) is 9.71. The summed E-state index contributed by atoms with van der Waals surface area (Å²) >= 11 is 0. The summed E-state index contributed by atoms with van der Waals surface area (Å²) in [5, 5.41) is 23.2. The number of aliphatic hydroxyl groups is 2. The highest BCUT2D eigenvalue weighted by Gasteiger charge is 2.61. The first-order valence-corrected chi connectivity index (χ1v) is 14.9. The van der Waals surface area contributed by atoms with Crippen LogP contribution in [-0.2, 0) is 29.5 Å². The standard InChI is InChI=1S/C25H32O8Si/c1-6-31-22(28)18-14-15(2)19(26)21(33-23(29)20(27)16-10-8-7-9-11-16)25(18,30)17-12-13-32-24(17)34(3,4)5/h7-13,15,18,20-21,27,30H,6,14H2,1-5H3/t15-,18-,20-,21-,25+/m0/s1. The van der Waals surface area contributed by atoms with E-state index in [1.54, 1.807) is 44.2 Å². The molecule has 1 saturated carbocycles. The number of benzene rings is 1. The lowest BCUT2D eigenvalue weighted by Crippen LogP contribution is -2.62. The molecule has 0 radical (unpaired) electrons. The van der Waals surface area contributed by atoms with Crippen molar-refractivity contribution in [2.75, 3.05) is 6.61 Å². The fourth-order valence-electron chi connectivity index (χ4n) is 4.46. The first kappa shape index (κ1) is 25.9. The molecule has 9 heteroatoms. The molecule has 1 aromatic carbocycles. The number of furan rings is 1. The fraction of sp³-hybridized carbons (Fsp3) is 0.480. The minimum absolute atomic E-state index is 0.0137. The van der Waals surface area contributed by atoms with Crippen molar-refractivity contribution < 1.29 is 38.5 Å². The van der Waals surface area contributed by atoms with E-state index in [2.05, 4.69) is 0 Å². The average Bonchev–Trinajstić information content (AvgIpc) is 3.30. The summed E-state index contributed by atoms with van der Waals surface area (Å²) in [6.07, 6.45) is -2.00. The first-order chi connectivity index (χ1) is 15.9. The topological polar surface area (TPSA) is 123 Å². The van der Waals surface area contributed by atoms with Gasteiger partial charge in [0, 0.05) is 11.5 Å². The zero-order valence-electron chi connectivity index (χ0n) is 20.1. The van der Waals surface area contributed by atoms with Gasteiger partial charge in [0.2, 0.25) is 0 Å². The molecule has 0 bridgehead atoms. The highest BCUT2D eigenvalue weighted by Crippen LogP contribution is 2.45. The van der Waals surface area contributed by atoms with E-state index in [-0.39, 0.29) is 24.2 Å². The van der Waals surface area contributed by atoms with Gasteiger partial charge >= 0.3 is 11.9 Å². The number of hydrogen-bond acceptors (Lipinski definition) is 8. The van der Waals surface area contributed by atoms with Crippen LogP contribution in [0.15, 0.2) is 47.1 Å². The Hall–Kier alpha value is -2.75. The summed E-state index contributed by atoms with van der Waals surface area (Å²) < 4.78 is 16.5. The number of esters is 2. The number of ether oxygens (including phenoxy) is 2. The monoisotopic (exact) mass is 488 g/mol. The van der Waals surface area contributed by atoms with E-state index in [1.807, 2.05) is 19.6 Å². The number of hydrogen-bond donors (Lipinski definition) is 2. The van der Waals surface area contributed by atoms with E-state index in [0.29, 0.717) is 5.38 Å². The molecule has 3 rings (SSSR count). The molecule has 8 nitrogen and oxygen atoms in total. The molecule has 2 N–H and O–H groups in total. The molecule has 5 atom stereocenters. The molecule has 0 saturated heterocycles. The van der Waals surface area contributed by atoms with E-state index in [9.17, 15) is 24.6 Å². The van der Waals surface area contributed by atoms with Gasteiger partial charge in [0.25, 0.3) is 0 Å². The SMILES string of the molecule is CCOC(=O)[C@@H]1C[C@H](C)C(=O)[C@H](OC(=O)[C@@H](O)c2ccccc2)[C@@]1(O)c1ccoc1[Si](C)(C)C. The third-order valence-electron chi connectivity index (χ3n) is 6.19. The average molecular weight is 489 g/mol. The maximum atomic E-state index is 13.3. The minimum Gasteiger partial charge on any atom is -0.474 e. The molecule has 1 heterocycles. The van der Waals surface area contributed by atoms with Gasteiger partial charge in [0.1, 0.15) is 13.7 Å². The van der Waals surface area contributed by atoms with Gasteiger partial charge in [-0.3, -0.25) is 9.59 Å². The van der Waals surface area contributed by atoms with Gasteiger partial charge in [0.05, 0.1) is 24.2 Å². The Morgan fingerprint density at radius 2 is 1.85 bits per heavy atom. The Bertz CT molecular complexity index is 1040. The molecule has 1 fully saturated rings. The first-order valence-electron chi connectivity index (χ1n) is 11.4. The Balaban J connectivity index is 2.12. The quantitative estimate of drug-likeness (QED) is 0.450. The molecule has 2 aromatic rings. The molecular formula is C25H32O8Si. The molecule has 0 aliphatic heterocycles.